The van der Waals surface area contributed by atoms with E-state index >= 15 is 0 Å². The summed E-state index contributed by atoms with van der Waals surface area (Å²) < 4.78 is 2.11. The molecule has 1 aliphatic carbocycles. The summed E-state index contributed by atoms with van der Waals surface area (Å²) in [5, 5.41) is 3.70. The maximum absolute atomic E-state index is 12.4. The molecule has 0 spiro atoms. The Hall–Kier alpha value is -1.36. The second kappa shape index (κ2) is 7.27. The van der Waals surface area contributed by atoms with Crippen LogP contribution in [-0.2, 0) is 11.3 Å². The van der Waals surface area contributed by atoms with Crippen molar-refractivity contribution in [3.8, 4) is 0 Å². The molecule has 0 unspecified atom stereocenters. The maximum atomic E-state index is 12.4. The van der Waals surface area contributed by atoms with E-state index in [1.54, 1.807) is 0 Å². The van der Waals surface area contributed by atoms with Gasteiger partial charge in [-0.3, -0.25) is 4.79 Å². The number of carbonyl (C=O) groups is 1. The zero-order chi connectivity index (χ0) is 15.4. The highest BCUT2D eigenvalue weighted by molar-refractivity contribution is 5.79. The number of hydrogen-bond donors (Lipinski definition) is 1. The molecule has 0 bridgehead atoms. The predicted molar refractivity (Wildman–Crippen MR) is 86.4 cm³/mol. The van der Waals surface area contributed by atoms with E-state index in [0.29, 0.717) is 23.9 Å². The summed E-state index contributed by atoms with van der Waals surface area (Å²) in [7, 11) is 0. The van der Waals surface area contributed by atoms with Crippen LogP contribution in [0.4, 0.5) is 0 Å². The standard InChI is InChI=1S/C17H28N4O/c1-14(12-20-11-8-18-13-20)19-16-6-9-21(10-7-16)17(22)15-4-2-3-5-15/h8,11,13-16,19H,2-7,9-10,12H2,1H3/t14-/m0/s1. The summed E-state index contributed by atoms with van der Waals surface area (Å²) in [5.74, 6) is 0.743. The lowest BCUT2D eigenvalue weighted by Gasteiger charge is -2.35. The van der Waals surface area contributed by atoms with Crippen LogP contribution in [0.1, 0.15) is 45.4 Å². The fourth-order valence-electron chi connectivity index (χ4n) is 3.86. The second-order valence-corrected chi connectivity index (χ2v) is 6.91. The number of amides is 1. The first-order valence-corrected chi connectivity index (χ1v) is 8.73. The van der Waals surface area contributed by atoms with Gasteiger partial charge in [-0.15, -0.1) is 0 Å². The molecule has 0 radical (unpaired) electrons. The Morgan fingerprint density at radius 1 is 1.27 bits per heavy atom. The Labute approximate surface area is 133 Å². The van der Waals surface area contributed by atoms with E-state index in [2.05, 4.69) is 26.7 Å². The lowest BCUT2D eigenvalue weighted by molar-refractivity contribution is -0.136. The largest absolute Gasteiger partial charge is 0.342 e. The van der Waals surface area contributed by atoms with Crippen LogP contribution in [0.2, 0.25) is 0 Å². The Morgan fingerprint density at radius 2 is 2.00 bits per heavy atom. The van der Waals surface area contributed by atoms with E-state index in [-0.39, 0.29) is 0 Å². The third kappa shape index (κ3) is 3.88. The Bertz CT molecular complexity index is 459. The van der Waals surface area contributed by atoms with Crippen molar-refractivity contribution in [1.29, 1.82) is 0 Å². The number of imidazole rings is 1. The van der Waals surface area contributed by atoms with E-state index in [0.717, 1.165) is 45.3 Å². The lowest BCUT2D eigenvalue weighted by atomic mass is 10.0. The Kier molecular flexibility index (Phi) is 5.13. The van der Waals surface area contributed by atoms with Crippen LogP contribution in [0.15, 0.2) is 18.7 Å². The fourth-order valence-corrected chi connectivity index (χ4v) is 3.86. The quantitative estimate of drug-likeness (QED) is 0.905. The number of rotatable bonds is 5. The van der Waals surface area contributed by atoms with Crippen LogP contribution in [0.5, 0.6) is 0 Å². The van der Waals surface area contributed by atoms with Crippen LogP contribution in [0.25, 0.3) is 0 Å². The molecule has 122 valence electrons. The Morgan fingerprint density at radius 3 is 2.64 bits per heavy atom. The smallest absolute Gasteiger partial charge is 0.225 e. The summed E-state index contributed by atoms with van der Waals surface area (Å²) >= 11 is 0. The fraction of sp³-hybridized carbons (Fsp3) is 0.765. The Balaban J connectivity index is 1.40. The number of aromatic nitrogens is 2. The van der Waals surface area contributed by atoms with Crippen molar-refractivity contribution < 1.29 is 4.79 Å². The minimum atomic E-state index is 0.324. The third-order valence-corrected chi connectivity index (χ3v) is 5.08. The van der Waals surface area contributed by atoms with Gasteiger partial charge in [0.25, 0.3) is 0 Å². The van der Waals surface area contributed by atoms with E-state index < -0.39 is 0 Å². The molecule has 1 N–H and O–H groups in total. The molecular weight excluding hydrogens is 276 g/mol. The maximum Gasteiger partial charge on any atom is 0.225 e. The molecule has 5 nitrogen and oxygen atoms in total. The van der Waals surface area contributed by atoms with Gasteiger partial charge in [0.2, 0.25) is 5.91 Å². The van der Waals surface area contributed by atoms with Crippen molar-refractivity contribution in [2.75, 3.05) is 13.1 Å². The van der Waals surface area contributed by atoms with Crippen LogP contribution in [-0.4, -0.2) is 45.5 Å². The van der Waals surface area contributed by atoms with Crippen molar-refractivity contribution in [1.82, 2.24) is 19.8 Å². The highest BCUT2D eigenvalue weighted by Crippen LogP contribution is 2.27. The van der Waals surface area contributed by atoms with E-state index in [4.69, 9.17) is 0 Å². The van der Waals surface area contributed by atoms with Crippen molar-refractivity contribution in [2.45, 2.75) is 64.1 Å². The second-order valence-electron chi connectivity index (χ2n) is 6.91. The molecule has 2 aliphatic rings. The molecule has 3 rings (SSSR count). The third-order valence-electron chi connectivity index (χ3n) is 5.08. The molecule has 5 heteroatoms. The van der Waals surface area contributed by atoms with E-state index in [1.165, 1.54) is 12.8 Å². The molecule has 1 atom stereocenters. The molecule has 2 heterocycles. The molecule has 1 aliphatic heterocycles. The summed E-state index contributed by atoms with van der Waals surface area (Å²) in [6, 6.07) is 0.961. The highest BCUT2D eigenvalue weighted by atomic mass is 16.2. The first-order chi connectivity index (χ1) is 10.7. The lowest BCUT2D eigenvalue weighted by Crippen LogP contribution is -2.49. The SMILES string of the molecule is C[C@@H](Cn1ccnc1)NC1CCN(C(=O)C2CCCC2)CC1. The number of carbonyl (C=O) groups excluding carboxylic acids is 1. The molecule has 0 aromatic carbocycles. The van der Waals surface area contributed by atoms with E-state index in [1.807, 2.05) is 18.7 Å². The molecule has 1 amide bonds. The van der Waals surface area contributed by atoms with Crippen molar-refractivity contribution in [3.05, 3.63) is 18.7 Å². The minimum Gasteiger partial charge on any atom is -0.342 e. The van der Waals surface area contributed by atoms with Gasteiger partial charge in [-0.2, -0.15) is 0 Å². The van der Waals surface area contributed by atoms with Crippen molar-refractivity contribution in [2.24, 2.45) is 5.92 Å². The van der Waals surface area contributed by atoms with Gasteiger partial charge in [-0.25, -0.2) is 4.98 Å². The van der Waals surface area contributed by atoms with Gasteiger partial charge in [0, 0.05) is 50.0 Å². The van der Waals surface area contributed by atoms with Crippen LogP contribution in [0, 0.1) is 5.92 Å². The van der Waals surface area contributed by atoms with Crippen molar-refractivity contribution >= 4 is 5.91 Å². The molecule has 1 saturated heterocycles. The first kappa shape index (κ1) is 15.5. The number of nitrogens with zero attached hydrogens (tertiary/aromatic N) is 3. The number of piperidine rings is 1. The monoisotopic (exact) mass is 304 g/mol. The minimum absolute atomic E-state index is 0.324. The van der Waals surface area contributed by atoms with E-state index in [9.17, 15) is 4.79 Å². The summed E-state index contributed by atoms with van der Waals surface area (Å²) in [6.45, 7) is 5.01. The summed E-state index contributed by atoms with van der Waals surface area (Å²) in [6.07, 6.45) is 12.5. The van der Waals surface area contributed by atoms with Crippen LogP contribution < -0.4 is 5.32 Å². The summed E-state index contributed by atoms with van der Waals surface area (Å²) in [5.41, 5.74) is 0. The van der Waals surface area contributed by atoms with Gasteiger partial charge >= 0.3 is 0 Å². The number of hydrogen-bond acceptors (Lipinski definition) is 3. The van der Waals surface area contributed by atoms with Crippen molar-refractivity contribution in [3.63, 3.8) is 0 Å². The topological polar surface area (TPSA) is 50.2 Å². The van der Waals surface area contributed by atoms with Crippen LogP contribution in [0.3, 0.4) is 0 Å². The molecule has 22 heavy (non-hydrogen) atoms. The van der Waals surface area contributed by atoms with Gasteiger partial charge in [0.1, 0.15) is 0 Å². The molecule has 1 saturated carbocycles. The predicted octanol–water partition coefficient (Wildman–Crippen LogP) is 2.04. The molecule has 2 fully saturated rings. The average molecular weight is 304 g/mol. The zero-order valence-electron chi connectivity index (χ0n) is 13.6. The van der Waals surface area contributed by atoms with Gasteiger partial charge in [-0.1, -0.05) is 12.8 Å². The number of nitrogens with one attached hydrogen (secondary N) is 1. The first-order valence-electron chi connectivity index (χ1n) is 8.73. The van der Waals surface area contributed by atoms with Gasteiger partial charge < -0.3 is 14.8 Å². The molecule has 1 aromatic rings. The van der Waals surface area contributed by atoms with Gasteiger partial charge in [0.15, 0.2) is 0 Å². The molecule has 1 aromatic heterocycles. The highest BCUT2D eigenvalue weighted by Gasteiger charge is 2.30. The van der Waals surface area contributed by atoms with Gasteiger partial charge in [-0.05, 0) is 32.6 Å². The van der Waals surface area contributed by atoms with Crippen LogP contribution >= 0.6 is 0 Å². The van der Waals surface area contributed by atoms with Gasteiger partial charge in [0.05, 0.1) is 6.33 Å². The average Bonchev–Trinajstić information content (AvgIpc) is 3.20. The normalized spacial score (nSPS) is 22.1. The zero-order valence-corrected chi connectivity index (χ0v) is 13.6. The summed E-state index contributed by atoms with van der Waals surface area (Å²) in [4.78, 5) is 18.6. The molecular formula is C17H28N4O. The number of likely N-dealkylation sites (tertiary alicyclic amines) is 1.